The quantitative estimate of drug-likeness (QED) is 0.862. The minimum absolute atomic E-state index is 0.149. The molecule has 3 heteroatoms. The summed E-state index contributed by atoms with van der Waals surface area (Å²) in [7, 11) is 0. The van der Waals surface area contributed by atoms with Crippen LogP contribution in [0.15, 0.2) is 30.5 Å². The summed E-state index contributed by atoms with van der Waals surface area (Å²) in [5, 5.41) is 2.96. The number of nitrogens with zero attached hydrogens (tertiary/aromatic N) is 1. The van der Waals surface area contributed by atoms with Gasteiger partial charge in [-0.05, 0) is 37.1 Å². The lowest BCUT2D eigenvalue weighted by molar-refractivity contribution is -0.121. The van der Waals surface area contributed by atoms with E-state index in [-0.39, 0.29) is 5.91 Å². The molecule has 0 fully saturated rings. The summed E-state index contributed by atoms with van der Waals surface area (Å²) < 4.78 is 2.20. The van der Waals surface area contributed by atoms with Crippen molar-refractivity contribution in [1.29, 1.82) is 0 Å². The van der Waals surface area contributed by atoms with Gasteiger partial charge in [-0.2, -0.15) is 0 Å². The highest BCUT2D eigenvalue weighted by Crippen LogP contribution is 2.15. The molecule has 0 saturated carbocycles. The Labute approximate surface area is 108 Å². The van der Waals surface area contributed by atoms with Gasteiger partial charge in [0.1, 0.15) is 0 Å². The summed E-state index contributed by atoms with van der Waals surface area (Å²) in [6.07, 6.45) is 4.47. The Bertz CT molecular complexity index is 542. The van der Waals surface area contributed by atoms with E-state index in [1.165, 1.54) is 16.8 Å². The Kier molecular flexibility index (Phi) is 4.03. The molecule has 0 bridgehead atoms. The van der Waals surface area contributed by atoms with Gasteiger partial charge in [-0.3, -0.25) is 4.79 Å². The summed E-state index contributed by atoms with van der Waals surface area (Å²) in [4.78, 5) is 11.4. The summed E-state index contributed by atoms with van der Waals surface area (Å²) in [6, 6.07) is 8.36. The predicted octanol–water partition coefficient (Wildman–Crippen LogP) is 2.71. The maximum Gasteiger partial charge on any atom is 0.219 e. The zero-order chi connectivity index (χ0) is 13.0. The van der Waals surface area contributed by atoms with Crippen LogP contribution in [0.3, 0.4) is 0 Å². The van der Waals surface area contributed by atoms with E-state index in [9.17, 15) is 4.79 Å². The van der Waals surface area contributed by atoms with Crippen LogP contribution in [0.2, 0.25) is 0 Å². The monoisotopic (exact) mass is 244 g/mol. The number of aromatic nitrogens is 1. The van der Waals surface area contributed by atoms with Crippen molar-refractivity contribution in [3.05, 3.63) is 41.7 Å². The molecule has 1 N–H and O–H groups in total. The number of aryl methyl sites for hydroxylation is 1. The second-order valence-electron chi connectivity index (χ2n) is 4.62. The van der Waals surface area contributed by atoms with E-state index in [0.717, 1.165) is 12.8 Å². The number of nitrogens with one attached hydrogen (secondary N) is 1. The van der Waals surface area contributed by atoms with Gasteiger partial charge >= 0.3 is 0 Å². The number of hydrogen-bond acceptors (Lipinski definition) is 1. The van der Waals surface area contributed by atoms with Crippen LogP contribution in [-0.4, -0.2) is 16.9 Å². The molecule has 18 heavy (non-hydrogen) atoms. The average molecular weight is 244 g/mol. The predicted molar refractivity (Wildman–Crippen MR) is 73.8 cm³/mol. The third-order valence-electron chi connectivity index (χ3n) is 3.16. The summed E-state index contributed by atoms with van der Waals surface area (Å²) in [5.74, 6) is 0.149. The van der Waals surface area contributed by atoms with Gasteiger partial charge in [0, 0.05) is 36.8 Å². The van der Waals surface area contributed by atoms with Gasteiger partial charge in [-0.1, -0.05) is 13.0 Å². The fourth-order valence-electron chi connectivity index (χ4n) is 2.27. The Balaban J connectivity index is 2.03. The number of hydrogen-bond donors (Lipinski definition) is 1. The molecular formula is C15H20N2O. The van der Waals surface area contributed by atoms with E-state index in [0.29, 0.717) is 13.0 Å². The molecule has 0 aliphatic rings. The van der Waals surface area contributed by atoms with E-state index in [1.807, 2.05) is 19.1 Å². The van der Waals surface area contributed by atoms with E-state index in [4.69, 9.17) is 0 Å². The minimum atomic E-state index is 0.149. The lowest BCUT2D eigenvalue weighted by atomic mass is 10.2. The fraction of sp³-hybridized carbons (Fsp3) is 0.400. The zero-order valence-electron chi connectivity index (χ0n) is 11.1. The van der Waals surface area contributed by atoms with Crippen molar-refractivity contribution in [2.24, 2.45) is 0 Å². The number of amides is 1. The van der Waals surface area contributed by atoms with Gasteiger partial charge in [-0.25, -0.2) is 0 Å². The van der Waals surface area contributed by atoms with E-state index >= 15 is 0 Å². The lowest BCUT2D eigenvalue weighted by Crippen LogP contribution is -2.25. The molecule has 0 aliphatic carbocycles. The van der Waals surface area contributed by atoms with E-state index in [2.05, 4.69) is 35.0 Å². The van der Waals surface area contributed by atoms with Crippen molar-refractivity contribution in [3.8, 4) is 0 Å². The minimum Gasteiger partial charge on any atom is -0.356 e. The Morgan fingerprint density at radius 1 is 1.39 bits per heavy atom. The summed E-state index contributed by atoms with van der Waals surface area (Å²) in [6.45, 7) is 4.85. The Morgan fingerprint density at radius 2 is 2.22 bits per heavy atom. The lowest BCUT2D eigenvalue weighted by Gasteiger charge is -2.06. The number of pyridine rings is 1. The van der Waals surface area contributed by atoms with Crippen molar-refractivity contribution < 1.29 is 4.79 Å². The van der Waals surface area contributed by atoms with Gasteiger partial charge in [0.15, 0.2) is 0 Å². The molecular weight excluding hydrogens is 224 g/mol. The molecule has 96 valence electrons. The van der Waals surface area contributed by atoms with Crippen LogP contribution in [0.4, 0.5) is 0 Å². The van der Waals surface area contributed by atoms with Crippen LogP contribution in [0.25, 0.3) is 5.52 Å². The second kappa shape index (κ2) is 5.71. The number of fused-ring (bicyclic) bond motifs is 1. The Hall–Kier alpha value is -1.77. The zero-order valence-corrected chi connectivity index (χ0v) is 11.1. The molecule has 2 aromatic heterocycles. The van der Waals surface area contributed by atoms with E-state index in [1.54, 1.807) is 0 Å². The first-order valence-corrected chi connectivity index (χ1v) is 6.54. The number of carbonyl (C=O) groups excluding carboxylic acids is 1. The molecule has 1 amide bonds. The Morgan fingerprint density at radius 3 is 3.00 bits per heavy atom. The first kappa shape index (κ1) is 12.7. The van der Waals surface area contributed by atoms with Crippen LogP contribution < -0.4 is 5.32 Å². The summed E-state index contributed by atoms with van der Waals surface area (Å²) >= 11 is 0. The van der Waals surface area contributed by atoms with Crippen molar-refractivity contribution >= 4 is 11.4 Å². The third kappa shape index (κ3) is 2.73. The molecule has 0 atom stereocenters. The van der Waals surface area contributed by atoms with Gasteiger partial charge in [-0.15, -0.1) is 0 Å². The molecule has 0 radical (unpaired) electrons. The average Bonchev–Trinajstić information content (AvgIpc) is 2.66. The van der Waals surface area contributed by atoms with Crippen LogP contribution >= 0.6 is 0 Å². The maximum atomic E-state index is 11.4. The smallest absolute Gasteiger partial charge is 0.219 e. The topological polar surface area (TPSA) is 33.5 Å². The van der Waals surface area contributed by atoms with Gasteiger partial charge in [0.05, 0.1) is 0 Å². The standard InChI is InChI=1S/C15H20N2O/c1-3-6-15(18)16-9-8-14-12(2)11-13-7-4-5-10-17(13)14/h4-5,7,10-11H,3,6,8-9H2,1-2H3,(H,16,18). The van der Waals surface area contributed by atoms with Gasteiger partial charge in [0.25, 0.3) is 0 Å². The van der Waals surface area contributed by atoms with E-state index < -0.39 is 0 Å². The number of rotatable bonds is 5. The summed E-state index contributed by atoms with van der Waals surface area (Å²) in [5.41, 5.74) is 3.78. The van der Waals surface area contributed by atoms with Gasteiger partial charge in [0.2, 0.25) is 5.91 Å². The van der Waals surface area contributed by atoms with Crippen molar-refractivity contribution in [2.75, 3.05) is 6.54 Å². The first-order valence-electron chi connectivity index (χ1n) is 6.54. The van der Waals surface area contributed by atoms with Crippen LogP contribution in [-0.2, 0) is 11.2 Å². The van der Waals surface area contributed by atoms with Gasteiger partial charge < -0.3 is 9.72 Å². The third-order valence-corrected chi connectivity index (χ3v) is 3.16. The molecule has 0 spiro atoms. The highest BCUT2D eigenvalue weighted by Gasteiger charge is 2.06. The normalized spacial score (nSPS) is 10.8. The van der Waals surface area contributed by atoms with Crippen molar-refractivity contribution in [3.63, 3.8) is 0 Å². The van der Waals surface area contributed by atoms with Crippen LogP contribution in [0, 0.1) is 6.92 Å². The molecule has 3 nitrogen and oxygen atoms in total. The largest absolute Gasteiger partial charge is 0.356 e. The highest BCUT2D eigenvalue weighted by molar-refractivity contribution is 5.75. The fourth-order valence-corrected chi connectivity index (χ4v) is 2.27. The maximum absolute atomic E-state index is 11.4. The highest BCUT2D eigenvalue weighted by atomic mass is 16.1. The molecule has 0 unspecified atom stereocenters. The van der Waals surface area contributed by atoms with Crippen LogP contribution in [0.5, 0.6) is 0 Å². The SMILES string of the molecule is CCCC(=O)NCCc1c(C)cc2ccccn12. The number of carbonyl (C=O) groups is 1. The second-order valence-corrected chi connectivity index (χ2v) is 4.62. The molecule has 0 aromatic carbocycles. The van der Waals surface area contributed by atoms with Crippen LogP contribution in [0.1, 0.15) is 31.0 Å². The molecule has 2 aromatic rings. The molecule has 0 aliphatic heterocycles. The molecule has 0 saturated heterocycles. The first-order chi connectivity index (χ1) is 8.72. The molecule has 2 rings (SSSR count). The molecule has 2 heterocycles. The van der Waals surface area contributed by atoms with Crippen molar-refractivity contribution in [1.82, 2.24) is 9.72 Å². The van der Waals surface area contributed by atoms with Crippen molar-refractivity contribution in [2.45, 2.75) is 33.1 Å².